The molecule has 106 heavy (non-hydrogen) atoms. The van der Waals surface area contributed by atoms with Gasteiger partial charge in [0.1, 0.15) is 6.10 Å². The van der Waals surface area contributed by atoms with Crippen LogP contribution in [0.1, 0.15) is 509 Å². The van der Waals surface area contributed by atoms with Gasteiger partial charge in [0.05, 0.1) is 18.3 Å². The summed E-state index contributed by atoms with van der Waals surface area (Å²) in [7, 11) is 0. The maximum atomic E-state index is 12.1. The number of carbonyl (C=O) groups excluding carboxylic acids is 1. The topological polar surface area (TPSA) is 87.0 Å². The van der Waals surface area contributed by atoms with Crippen molar-refractivity contribution in [1.29, 1.82) is 0 Å². The number of unbranched alkanes of at least 4 members (excludes halogenated alkanes) is 37. The van der Waals surface area contributed by atoms with Gasteiger partial charge in [0.25, 0.3) is 0 Å². The van der Waals surface area contributed by atoms with Crippen LogP contribution in [0.4, 0.5) is 0 Å². The lowest BCUT2D eigenvalue weighted by Gasteiger charge is -2.63. The summed E-state index contributed by atoms with van der Waals surface area (Å²) in [5.41, 5.74) is 2.68. The summed E-state index contributed by atoms with van der Waals surface area (Å²) in [6, 6.07) is 0. The molecule has 7 fully saturated rings. The van der Waals surface area contributed by atoms with Gasteiger partial charge in [-0.2, -0.15) is 0 Å². The van der Waals surface area contributed by atoms with E-state index >= 15 is 0 Å². The van der Waals surface area contributed by atoms with Crippen molar-refractivity contribution in [2.45, 2.75) is 533 Å². The Kier molecular flexibility index (Phi) is 51.1. The number of aliphatic hydroxyl groups is 3. The van der Waals surface area contributed by atoms with E-state index in [1.807, 2.05) is 0 Å². The summed E-state index contributed by atoms with van der Waals surface area (Å²) < 4.78 is 5.85. The third-order valence-corrected chi connectivity index (χ3v) is 31.1. The number of rotatable bonds is 48. The van der Waals surface area contributed by atoms with Gasteiger partial charge in [0.15, 0.2) is 0 Å². The van der Waals surface area contributed by atoms with E-state index in [4.69, 9.17) is 4.74 Å². The van der Waals surface area contributed by atoms with Gasteiger partial charge in [0, 0.05) is 12.8 Å². The molecule has 0 amide bonds. The highest BCUT2D eigenvalue weighted by atomic mass is 16.5. The van der Waals surface area contributed by atoms with E-state index in [0.29, 0.717) is 52.8 Å². The molecule has 0 aromatic rings. The van der Waals surface area contributed by atoms with Gasteiger partial charge in [-0.1, -0.05) is 411 Å². The molecule has 19 unspecified atom stereocenters. The Morgan fingerprint density at radius 2 is 0.840 bits per heavy atom. The molecular weight excluding hydrogens is 1290 g/mol. The molecule has 0 spiro atoms. The van der Waals surface area contributed by atoms with Gasteiger partial charge in [-0.3, -0.25) is 4.79 Å². The number of carbonyl (C=O) groups is 1. The molecule has 8 rings (SSSR count). The quantitative estimate of drug-likeness (QED) is 0.0321. The first-order chi connectivity index (χ1) is 51.2. The van der Waals surface area contributed by atoms with Crippen LogP contribution in [0.25, 0.3) is 0 Å². The SMILES string of the molecule is CCCC(=O)OC1CCC2(C)C(=CCC3C2CCC2(C)C(C(C)CCCC(C)C)CCC32)C1.CCCC(C)C1CCC2C3C(O)CC4CC(O)CCC4(C)C3CC(O)C12C.CCCCCCCCCCCC.CCCCCCCCCCCCCCCC.CCCCCCCCCCCCCCCCCC. The van der Waals surface area contributed by atoms with E-state index in [0.717, 1.165) is 86.9 Å². The minimum Gasteiger partial charge on any atom is -0.462 e. The fourth-order valence-electron chi connectivity index (χ4n) is 24.4. The highest BCUT2D eigenvalue weighted by Gasteiger charge is 2.66. The molecule has 626 valence electrons. The molecule has 0 heterocycles. The standard InChI is InChI=1S/C31H52O2.C24H42O3.C18H38.C16H34.C12H26/c1-7-9-29(32)33-24-16-18-30(5)23(20-24)12-13-25-27-15-14-26(22(4)11-8-10-21(2)3)31(27,6)19-17-28(25)30;1-5-6-14(2)17-7-8-18-22-19(13-21(27)24(17,18)4)23(3)10-9-16(25)11-15(23)12-20(22)26;1-3-5-7-9-11-13-15-17-18-16-14-12-10-8-6-4-2;1-3-5-7-9-11-13-15-16-14-12-10-8-6-4-2;1-3-5-7-9-11-12-10-8-6-4-2/h12,21-22,24-28H,7-11,13-20H2,1-6H3;14-22,25-27H,5-13H2,1-4H3;3-18H2,1-2H3;3-16H2,1-2H3;3-12H2,1-2H3. The van der Waals surface area contributed by atoms with Crippen LogP contribution in [-0.2, 0) is 9.53 Å². The lowest BCUT2D eigenvalue weighted by atomic mass is 9.43. The monoisotopic (exact) mass is 1490 g/mol. The van der Waals surface area contributed by atoms with E-state index in [9.17, 15) is 20.1 Å². The van der Waals surface area contributed by atoms with Crippen molar-refractivity contribution in [2.75, 3.05) is 0 Å². The zero-order valence-corrected chi connectivity index (χ0v) is 74.8. The van der Waals surface area contributed by atoms with E-state index in [1.54, 1.807) is 5.57 Å². The van der Waals surface area contributed by atoms with Crippen LogP contribution in [0.5, 0.6) is 0 Å². The molecule has 0 aromatic carbocycles. The summed E-state index contributed by atoms with van der Waals surface area (Å²) in [6.45, 7) is 37.8. The third kappa shape index (κ3) is 32.1. The molecule has 0 saturated heterocycles. The normalized spacial score (nSPS) is 31.8. The van der Waals surface area contributed by atoms with Gasteiger partial charge in [-0.15, -0.1) is 0 Å². The summed E-state index contributed by atoms with van der Waals surface area (Å²) in [5, 5.41) is 32.9. The molecule has 0 bridgehead atoms. The first-order valence-corrected chi connectivity index (χ1v) is 49.1. The predicted octanol–water partition coefficient (Wildman–Crippen LogP) is 31.8. The second-order valence-corrected chi connectivity index (χ2v) is 39.7. The molecule has 0 radical (unpaired) electrons. The second-order valence-electron chi connectivity index (χ2n) is 39.7. The summed E-state index contributed by atoms with van der Waals surface area (Å²) in [4.78, 5) is 12.1. The highest BCUT2D eigenvalue weighted by Crippen LogP contribution is 2.70. The van der Waals surface area contributed by atoms with Crippen molar-refractivity contribution >= 4 is 5.97 Å². The van der Waals surface area contributed by atoms with Gasteiger partial charge >= 0.3 is 5.97 Å². The van der Waals surface area contributed by atoms with E-state index in [1.165, 1.54) is 340 Å². The van der Waals surface area contributed by atoms with Crippen LogP contribution in [0.15, 0.2) is 11.6 Å². The van der Waals surface area contributed by atoms with Crippen LogP contribution in [0.2, 0.25) is 0 Å². The van der Waals surface area contributed by atoms with Crippen LogP contribution in [0, 0.1) is 92.7 Å². The molecule has 5 nitrogen and oxygen atoms in total. The summed E-state index contributed by atoms with van der Waals surface area (Å²) >= 11 is 0. The molecule has 8 aliphatic carbocycles. The first kappa shape index (κ1) is 97.5. The van der Waals surface area contributed by atoms with Crippen LogP contribution in [0.3, 0.4) is 0 Å². The number of hydrogen-bond donors (Lipinski definition) is 3. The molecule has 5 heteroatoms. The Balaban J connectivity index is 0.000000294. The average molecular weight is 1490 g/mol. The van der Waals surface area contributed by atoms with E-state index < -0.39 is 0 Å². The first-order valence-electron chi connectivity index (χ1n) is 49.1. The molecule has 8 aliphatic rings. The molecular formula is C101H192O5. The minimum absolute atomic E-state index is 0.00772. The number of allylic oxidation sites excluding steroid dienone is 1. The number of ether oxygens (including phenoxy) is 1. The summed E-state index contributed by atoms with van der Waals surface area (Å²) in [5.74, 6) is 8.17. The van der Waals surface area contributed by atoms with Gasteiger partial charge < -0.3 is 20.1 Å². The van der Waals surface area contributed by atoms with Gasteiger partial charge in [-0.05, 0) is 189 Å². The van der Waals surface area contributed by atoms with Gasteiger partial charge in [-0.25, -0.2) is 0 Å². The number of esters is 1. The van der Waals surface area contributed by atoms with Crippen LogP contribution >= 0.6 is 0 Å². The molecule has 0 aromatic heterocycles. The Morgan fingerprint density at radius 1 is 0.415 bits per heavy atom. The summed E-state index contributed by atoms with van der Waals surface area (Å²) in [6.07, 6.45) is 85.7. The highest BCUT2D eigenvalue weighted by molar-refractivity contribution is 5.69. The largest absolute Gasteiger partial charge is 0.462 e. The van der Waals surface area contributed by atoms with Crippen molar-refractivity contribution < 1.29 is 24.9 Å². The zero-order chi connectivity index (χ0) is 77.6. The maximum Gasteiger partial charge on any atom is 0.306 e. The second kappa shape index (κ2) is 55.6. The zero-order valence-electron chi connectivity index (χ0n) is 74.8. The molecule has 3 N–H and O–H groups in total. The Morgan fingerprint density at radius 3 is 1.27 bits per heavy atom. The van der Waals surface area contributed by atoms with Crippen molar-refractivity contribution in [3.8, 4) is 0 Å². The maximum absolute atomic E-state index is 12.1. The lowest BCUT2D eigenvalue weighted by Crippen LogP contribution is -2.62. The third-order valence-electron chi connectivity index (χ3n) is 31.1. The predicted molar refractivity (Wildman–Crippen MR) is 465 cm³/mol. The number of fused-ring (bicyclic) bond motifs is 10. The number of aliphatic hydroxyl groups excluding tert-OH is 3. The molecule has 7 saturated carbocycles. The van der Waals surface area contributed by atoms with E-state index in [-0.39, 0.29) is 41.2 Å². The Labute approximate surface area is 664 Å². The Hall–Kier alpha value is -0.910. The van der Waals surface area contributed by atoms with Crippen molar-refractivity contribution in [3.63, 3.8) is 0 Å². The number of hydrogen-bond acceptors (Lipinski definition) is 5. The van der Waals surface area contributed by atoms with E-state index in [2.05, 4.69) is 117 Å². The smallest absolute Gasteiger partial charge is 0.306 e. The van der Waals surface area contributed by atoms with Gasteiger partial charge in [0.2, 0.25) is 0 Å². The van der Waals surface area contributed by atoms with Crippen LogP contribution < -0.4 is 0 Å². The van der Waals surface area contributed by atoms with Crippen LogP contribution in [-0.4, -0.2) is 45.7 Å². The van der Waals surface area contributed by atoms with Crippen molar-refractivity contribution in [3.05, 3.63) is 11.6 Å². The molecule has 0 aliphatic heterocycles. The average Bonchev–Trinajstić information content (AvgIpc) is 1.37. The minimum atomic E-state index is -0.254. The fraction of sp³-hybridized carbons (Fsp3) is 0.970. The lowest BCUT2D eigenvalue weighted by molar-refractivity contribution is -0.207. The van der Waals surface area contributed by atoms with Crippen molar-refractivity contribution in [2.24, 2.45) is 92.7 Å². The van der Waals surface area contributed by atoms with Crippen molar-refractivity contribution in [1.82, 2.24) is 0 Å². The Bertz CT molecular complexity index is 2130. The fourth-order valence-corrected chi connectivity index (χ4v) is 24.4. The molecule has 19 atom stereocenters.